The Kier molecular flexibility index (Phi) is 10.7. The topological polar surface area (TPSA) is 114 Å². The molecule has 0 amide bonds. The zero-order valence-electron chi connectivity index (χ0n) is 22.7. The molecular formula is C29H30F3N5O4S. The van der Waals surface area contributed by atoms with Crippen molar-refractivity contribution in [3.8, 4) is 0 Å². The maximum Gasteiger partial charge on any atom is 0.320 e. The van der Waals surface area contributed by atoms with Gasteiger partial charge in [0.05, 0.1) is 37.2 Å². The summed E-state index contributed by atoms with van der Waals surface area (Å²) in [6, 6.07) is 7.65. The summed E-state index contributed by atoms with van der Waals surface area (Å²) in [5.41, 5.74) is 4.74. The molecule has 1 unspecified atom stereocenters. The summed E-state index contributed by atoms with van der Waals surface area (Å²) < 4.78 is 62.1. The second-order valence-corrected chi connectivity index (χ2v) is 11.0. The van der Waals surface area contributed by atoms with Gasteiger partial charge in [-0.2, -0.15) is 5.10 Å². The Hall–Kier alpha value is -3.78. The van der Waals surface area contributed by atoms with Crippen LogP contribution in [0, 0.1) is 17.5 Å². The average Bonchev–Trinajstić information content (AvgIpc) is 3.49. The first kappa shape index (κ1) is 31.2. The summed E-state index contributed by atoms with van der Waals surface area (Å²) in [6.07, 6.45) is 8.71. The lowest BCUT2D eigenvalue weighted by Crippen LogP contribution is -2.48. The van der Waals surface area contributed by atoms with Gasteiger partial charge in [-0.3, -0.25) is 9.79 Å². The van der Waals surface area contributed by atoms with Crippen molar-refractivity contribution in [3.05, 3.63) is 95.9 Å². The normalized spacial score (nSPS) is 19.5. The highest BCUT2D eigenvalue weighted by molar-refractivity contribution is 8.00. The molecule has 3 aromatic rings. The molecule has 9 nitrogen and oxygen atoms in total. The van der Waals surface area contributed by atoms with Crippen LogP contribution in [-0.2, 0) is 31.2 Å². The van der Waals surface area contributed by atoms with Gasteiger partial charge in [-0.15, -0.1) is 11.8 Å². The SMILES string of the molecule is C=Nc1ccc(/C=C/C=C/C2OCC(SC(C)[C@@](Cn3cncn3)(OC(=O)CN)c3ccc(F)cc3F)CO2)c(F)c1. The Balaban J connectivity index is 1.45. The lowest BCUT2D eigenvalue weighted by atomic mass is 9.89. The quantitative estimate of drug-likeness (QED) is 0.183. The first-order valence-electron chi connectivity index (χ1n) is 12.9. The number of rotatable bonds is 12. The van der Waals surface area contributed by atoms with Gasteiger partial charge in [0, 0.05) is 28.5 Å². The van der Waals surface area contributed by atoms with Gasteiger partial charge in [0.2, 0.25) is 0 Å². The highest BCUT2D eigenvalue weighted by Gasteiger charge is 2.46. The number of hydrogen-bond acceptors (Lipinski definition) is 9. The van der Waals surface area contributed by atoms with Crippen molar-refractivity contribution in [3.63, 3.8) is 0 Å². The number of nitrogens with zero attached hydrogens (tertiary/aromatic N) is 4. The smallest absolute Gasteiger partial charge is 0.320 e. The molecule has 2 heterocycles. The fourth-order valence-corrected chi connectivity index (χ4v) is 5.75. The largest absolute Gasteiger partial charge is 0.450 e. The van der Waals surface area contributed by atoms with Crippen LogP contribution in [0.25, 0.3) is 6.08 Å². The van der Waals surface area contributed by atoms with Gasteiger partial charge in [-0.25, -0.2) is 22.8 Å². The molecular weight excluding hydrogens is 571 g/mol. The predicted molar refractivity (Wildman–Crippen MR) is 154 cm³/mol. The Morgan fingerprint density at radius 3 is 2.67 bits per heavy atom. The molecule has 1 fully saturated rings. The molecule has 0 radical (unpaired) electrons. The Bertz CT molecular complexity index is 1430. The number of aliphatic imine (C=N–C) groups is 1. The van der Waals surface area contributed by atoms with Crippen molar-refractivity contribution in [2.45, 2.75) is 35.9 Å². The predicted octanol–water partition coefficient (Wildman–Crippen LogP) is 4.56. The van der Waals surface area contributed by atoms with Gasteiger partial charge < -0.3 is 19.9 Å². The van der Waals surface area contributed by atoms with Crippen LogP contribution in [0.4, 0.5) is 18.9 Å². The minimum absolute atomic E-state index is 0.0294. The number of thioether (sulfide) groups is 1. The minimum Gasteiger partial charge on any atom is -0.450 e. The van der Waals surface area contributed by atoms with E-state index in [0.29, 0.717) is 11.3 Å². The minimum atomic E-state index is -1.62. The molecule has 2 atom stereocenters. The number of nitrogens with two attached hydrogens (primary N) is 1. The first-order valence-corrected chi connectivity index (χ1v) is 13.9. The standard InChI is InChI=1S/C29H30F3N5O4S/c1-19(29(41-27(38)13-33,16-37-18-35-17-36-37)24-10-8-21(30)11-26(24)32)42-23-14-39-28(40-15-23)6-4-3-5-20-7-9-22(34-2)12-25(20)31/h3-12,17-19,23,28H,2,13-16,33H2,1H3/b5-3+,6-4+/t19?,23?,28?,29-/m1/s1. The Morgan fingerprint density at radius 1 is 1.24 bits per heavy atom. The summed E-state index contributed by atoms with van der Waals surface area (Å²) >= 11 is 1.36. The van der Waals surface area contributed by atoms with E-state index in [0.717, 1.165) is 12.1 Å². The molecule has 4 rings (SSSR count). The fourth-order valence-electron chi connectivity index (χ4n) is 4.39. The molecule has 1 aromatic heterocycles. The zero-order valence-corrected chi connectivity index (χ0v) is 23.6. The fraction of sp³-hybridized carbons (Fsp3) is 0.310. The summed E-state index contributed by atoms with van der Waals surface area (Å²) in [5.74, 6) is -2.84. The van der Waals surface area contributed by atoms with E-state index in [1.807, 2.05) is 0 Å². The zero-order chi connectivity index (χ0) is 30.1. The molecule has 13 heteroatoms. The monoisotopic (exact) mass is 601 g/mol. The van der Waals surface area contributed by atoms with Crippen LogP contribution in [0.1, 0.15) is 18.1 Å². The molecule has 1 aliphatic rings. The van der Waals surface area contributed by atoms with Gasteiger partial charge in [0.1, 0.15) is 30.1 Å². The number of esters is 1. The van der Waals surface area contributed by atoms with Crippen LogP contribution >= 0.6 is 11.8 Å². The van der Waals surface area contributed by atoms with Crippen molar-refractivity contribution >= 4 is 36.2 Å². The third kappa shape index (κ3) is 7.73. The number of benzene rings is 2. The molecule has 2 aromatic carbocycles. The maximum absolute atomic E-state index is 15.2. The molecule has 42 heavy (non-hydrogen) atoms. The van der Waals surface area contributed by atoms with Crippen LogP contribution in [-0.4, -0.2) is 64.0 Å². The van der Waals surface area contributed by atoms with Crippen LogP contribution in [0.3, 0.4) is 0 Å². The van der Waals surface area contributed by atoms with Gasteiger partial charge in [0.15, 0.2) is 11.9 Å². The van der Waals surface area contributed by atoms with Gasteiger partial charge in [-0.1, -0.05) is 18.2 Å². The van der Waals surface area contributed by atoms with Crippen molar-refractivity contribution in [1.82, 2.24) is 14.8 Å². The van der Waals surface area contributed by atoms with E-state index in [4.69, 9.17) is 19.9 Å². The van der Waals surface area contributed by atoms with E-state index in [2.05, 4.69) is 21.8 Å². The van der Waals surface area contributed by atoms with Crippen molar-refractivity contribution in [2.75, 3.05) is 19.8 Å². The Morgan fingerprint density at radius 2 is 2.02 bits per heavy atom. The lowest BCUT2D eigenvalue weighted by Gasteiger charge is -2.40. The van der Waals surface area contributed by atoms with Crippen molar-refractivity contribution in [1.29, 1.82) is 0 Å². The van der Waals surface area contributed by atoms with Gasteiger partial charge in [0.25, 0.3) is 0 Å². The molecule has 0 spiro atoms. The van der Waals surface area contributed by atoms with Crippen LogP contribution in [0.15, 0.2) is 72.3 Å². The van der Waals surface area contributed by atoms with E-state index in [9.17, 15) is 13.6 Å². The average molecular weight is 602 g/mol. The number of carbonyl (C=O) groups is 1. The van der Waals surface area contributed by atoms with E-state index < -0.39 is 47.1 Å². The van der Waals surface area contributed by atoms with Crippen LogP contribution < -0.4 is 5.73 Å². The molecule has 0 aliphatic carbocycles. The summed E-state index contributed by atoms with van der Waals surface area (Å²) in [5, 5.41) is 3.28. The summed E-state index contributed by atoms with van der Waals surface area (Å²) in [7, 11) is 0. The molecule has 1 saturated heterocycles. The number of ether oxygens (including phenoxy) is 3. The van der Waals surface area contributed by atoms with Gasteiger partial charge in [-0.05, 0) is 44.0 Å². The van der Waals surface area contributed by atoms with E-state index in [1.165, 1.54) is 41.2 Å². The summed E-state index contributed by atoms with van der Waals surface area (Å²) in [6.45, 7) is 5.14. The van der Waals surface area contributed by atoms with Gasteiger partial charge >= 0.3 is 5.97 Å². The highest BCUT2D eigenvalue weighted by Crippen LogP contribution is 2.42. The number of carbonyl (C=O) groups excluding carboxylic acids is 1. The molecule has 222 valence electrons. The van der Waals surface area contributed by atoms with E-state index in [1.54, 1.807) is 43.4 Å². The molecule has 0 bridgehead atoms. The number of halogens is 3. The van der Waals surface area contributed by atoms with Crippen molar-refractivity contribution in [2.24, 2.45) is 10.7 Å². The number of aromatic nitrogens is 3. The van der Waals surface area contributed by atoms with Crippen LogP contribution in [0.5, 0.6) is 0 Å². The second-order valence-electron chi connectivity index (χ2n) is 9.33. The highest BCUT2D eigenvalue weighted by atomic mass is 32.2. The number of hydrogen-bond donors (Lipinski definition) is 1. The van der Waals surface area contributed by atoms with Crippen molar-refractivity contribution < 1.29 is 32.2 Å². The lowest BCUT2D eigenvalue weighted by molar-refractivity contribution is -0.161. The third-order valence-corrected chi connectivity index (χ3v) is 7.93. The van der Waals surface area contributed by atoms with E-state index >= 15 is 4.39 Å². The molecule has 0 saturated carbocycles. The maximum atomic E-state index is 15.2. The van der Waals surface area contributed by atoms with Crippen LogP contribution in [0.2, 0.25) is 0 Å². The third-order valence-electron chi connectivity index (χ3n) is 6.48. The first-order chi connectivity index (χ1) is 20.2. The molecule has 1 aliphatic heterocycles. The molecule has 2 N–H and O–H groups in total. The second kappa shape index (κ2) is 14.4. The van der Waals surface area contributed by atoms with E-state index in [-0.39, 0.29) is 30.6 Å². The summed E-state index contributed by atoms with van der Waals surface area (Å²) in [4.78, 5) is 20.1. The number of allylic oxidation sites excluding steroid dienone is 2. The Labute approximate surface area is 245 Å².